The number of nitro benzene ring substituents is 1. The number of hydrogen-bond donors (Lipinski definition) is 2. The Kier molecular flexibility index (Phi) is 5.15. The smallest absolute Gasteiger partial charge is 0.295 e. The molecule has 1 aromatic rings. The number of hydrazine groups is 1. The predicted molar refractivity (Wildman–Crippen MR) is 71.5 cm³/mol. The van der Waals surface area contributed by atoms with Gasteiger partial charge in [0.1, 0.15) is 5.69 Å². The molecule has 3 N–H and O–H groups in total. The van der Waals surface area contributed by atoms with Crippen LogP contribution in [-0.2, 0) is 10.0 Å². The lowest BCUT2D eigenvalue weighted by atomic mass is 10.2. The van der Waals surface area contributed by atoms with Crippen molar-refractivity contribution >= 4 is 21.4 Å². The Labute approximate surface area is 119 Å². The molecule has 0 spiro atoms. The highest BCUT2D eigenvalue weighted by atomic mass is 32.2. The fourth-order valence-electron chi connectivity index (χ4n) is 1.68. The molecular formula is C10H14F2N4O4S. The minimum Gasteiger partial charge on any atom is -0.318 e. The van der Waals surface area contributed by atoms with Crippen LogP contribution >= 0.6 is 0 Å². The van der Waals surface area contributed by atoms with Gasteiger partial charge in [0.25, 0.3) is 12.1 Å². The molecule has 0 radical (unpaired) electrons. The monoisotopic (exact) mass is 324 g/mol. The van der Waals surface area contributed by atoms with E-state index in [1.165, 1.54) is 13.0 Å². The topological polar surface area (TPSA) is 119 Å². The van der Waals surface area contributed by atoms with Crippen LogP contribution in [0.1, 0.15) is 5.56 Å². The Morgan fingerprint density at radius 2 is 2.05 bits per heavy atom. The number of anilines is 1. The average molecular weight is 324 g/mol. The molecule has 21 heavy (non-hydrogen) atoms. The van der Waals surface area contributed by atoms with E-state index in [0.29, 0.717) is 4.31 Å². The maximum absolute atomic E-state index is 12.3. The zero-order valence-corrected chi connectivity index (χ0v) is 12.0. The van der Waals surface area contributed by atoms with Crippen molar-refractivity contribution in [3.05, 3.63) is 27.8 Å². The standard InChI is InChI=1S/C10H14F2N4O4S/c1-6-3-7(14-13)8(16(17)18)4-9(6)21(19,20)15(2)5-10(11)12/h3-4,10,14H,5,13H2,1-2H3. The summed E-state index contributed by atoms with van der Waals surface area (Å²) in [7, 11) is -3.29. The first-order valence-corrected chi connectivity index (χ1v) is 7.05. The number of nitrogens with zero attached hydrogens (tertiary/aromatic N) is 2. The van der Waals surface area contributed by atoms with Crippen molar-refractivity contribution in [1.82, 2.24) is 4.31 Å². The van der Waals surface area contributed by atoms with Gasteiger partial charge in [0.2, 0.25) is 10.0 Å². The zero-order valence-electron chi connectivity index (χ0n) is 11.2. The van der Waals surface area contributed by atoms with Gasteiger partial charge >= 0.3 is 0 Å². The summed E-state index contributed by atoms with van der Waals surface area (Å²) in [6.07, 6.45) is -2.86. The van der Waals surface area contributed by atoms with E-state index in [1.54, 1.807) is 0 Å². The van der Waals surface area contributed by atoms with E-state index >= 15 is 0 Å². The van der Waals surface area contributed by atoms with Gasteiger partial charge in [-0.2, -0.15) is 4.31 Å². The Morgan fingerprint density at radius 3 is 2.48 bits per heavy atom. The number of aryl methyl sites for hydroxylation is 1. The van der Waals surface area contributed by atoms with Crippen molar-refractivity contribution in [3.8, 4) is 0 Å². The molecule has 0 aliphatic carbocycles. The quantitative estimate of drug-likeness (QED) is 0.459. The third-order valence-electron chi connectivity index (χ3n) is 2.73. The SMILES string of the molecule is Cc1cc(NN)c([N+](=O)[O-])cc1S(=O)(=O)N(C)CC(F)F. The molecule has 1 rings (SSSR count). The van der Waals surface area contributed by atoms with Crippen molar-refractivity contribution in [2.45, 2.75) is 18.2 Å². The lowest BCUT2D eigenvalue weighted by molar-refractivity contribution is -0.384. The number of nitro groups is 1. The summed E-state index contributed by atoms with van der Waals surface area (Å²) in [6.45, 7) is 0.375. The fourth-order valence-corrected chi connectivity index (χ4v) is 3.05. The summed E-state index contributed by atoms with van der Waals surface area (Å²) in [5, 5.41) is 10.9. The summed E-state index contributed by atoms with van der Waals surface area (Å²) >= 11 is 0. The van der Waals surface area contributed by atoms with Gasteiger partial charge in [-0.25, -0.2) is 17.2 Å². The second-order valence-corrected chi connectivity index (χ2v) is 6.23. The van der Waals surface area contributed by atoms with E-state index < -0.39 is 38.5 Å². The van der Waals surface area contributed by atoms with Crippen molar-refractivity contribution in [1.29, 1.82) is 0 Å². The molecule has 0 amide bonds. The van der Waals surface area contributed by atoms with Crippen molar-refractivity contribution in [2.75, 3.05) is 19.0 Å². The minimum absolute atomic E-state index is 0.0760. The second kappa shape index (κ2) is 6.28. The van der Waals surface area contributed by atoms with Gasteiger partial charge in [0.05, 0.1) is 16.4 Å². The summed E-state index contributed by atoms with van der Waals surface area (Å²) in [5.41, 5.74) is 1.60. The molecule has 0 bridgehead atoms. The summed E-state index contributed by atoms with van der Waals surface area (Å²) < 4.78 is 49.4. The summed E-state index contributed by atoms with van der Waals surface area (Å²) in [4.78, 5) is 9.66. The number of nitrogens with one attached hydrogen (secondary N) is 1. The molecular weight excluding hydrogens is 310 g/mol. The highest BCUT2D eigenvalue weighted by Gasteiger charge is 2.28. The third-order valence-corrected chi connectivity index (χ3v) is 4.69. The number of sulfonamides is 1. The van der Waals surface area contributed by atoms with Crippen LogP contribution in [0.4, 0.5) is 20.2 Å². The van der Waals surface area contributed by atoms with E-state index in [9.17, 15) is 27.3 Å². The summed E-state index contributed by atoms with van der Waals surface area (Å²) in [6, 6.07) is 1.96. The van der Waals surface area contributed by atoms with Crippen LogP contribution in [0.2, 0.25) is 0 Å². The van der Waals surface area contributed by atoms with E-state index in [2.05, 4.69) is 5.43 Å². The summed E-state index contributed by atoms with van der Waals surface area (Å²) in [5.74, 6) is 5.13. The molecule has 0 atom stereocenters. The molecule has 8 nitrogen and oxygen atoms in total. The van der Waals surface area contributed by atoms with Crippen LogP contribution in [0.3, 0.4) is 0 Å². The maximum Gasteiger partial charge on any atom is 0.295 e. The van der Waals surface area contributed by atoms with Crippen LogP contribution in [-0.4, -0.2) is 37.7 Å². The number of benzene rings is 1. The Balaban J connectivity index is 3.42. The first-order chi connectivity index (χ1) is 9.61. The Hall–Kier alpha value is -1.85. The largest absolute Gasteiger partial charge is 0.318 e. The normalized spacial score (nSPS) is 12.0. The molecule has 0 saturated carbocycles. The highest BCUT2D eigenvalue weighted by molar-refractivity contribution is 7.89. The molecule has 0 fully saturated rings. The van der Waals surface area contributed by atoms with Gasteiger partial charge in [-0.3, -0.25) is 16.0 Å². The third kappa shape index (κ3) is 3.62. The Morgan fingerprint density at radius 1 is 1.48 bits per heavy atom. The van der Waals surface area contributed by atoms with Gasteiger partial charge < -0.3 is 5.43 Å². The molecule has 0 heterocycles. The molecule has 0 saturated heterocycles. The number of nitrogen functional groups attached to an aromatic ring is 1. The molecule has 11 heteroatoms. The fraction of sp³-hybridized carbons (Fsp3) is 0.400. The molecule has 0 aromatic heterocycles. The number of rotatable bonds is 6. The second-order valence-electron chi connectivity index (χ2n) is 4.21. The first kappa shape index (κ1) is 17.2. The number of halogens is 2. The van der Waals surface area contributed by atoms with Crippen molar-refractivity contribution in [3.63, 3.8) is 0 Å². The average Bonchev–Trinajstić information content (AvgIpc) is 2.36. The lowest BCUT2D eigenvalue weighted by Crippen LogP contribution is -2.32. The predicted octanol–water partition coefficient (Wildman–Crippen LogP) is 1.07. The zero-order chi connectivity index (χ0) is 16.4. The molecule has 0 aliphatic rings. The number of alkyl halides is 2. The van der Waals surface area contributed by atoms with E-state index in [-0.39, 0.29) is 11.3 Å². The molecule has 0 unspecified atom stereocenters. The lowest BCUT2D eigenvalue weighted by Gasteiger charge is -2.18. The van der Waals surface area contributed by atoms with Gasteiger partial charge in [-0.05, 0) is 18.6 Å². The number of nitrogens with two attached hydrogens (primary N) is 1. The van der Waals surface area contributed by atoms with E-state index in [4.69, 9.17) is 5.84 Å². The van der Waals surface area contributed by atoms with Crippen LogP contribution in [0.25, 0.3) is 0 Å². The maximum atomic E-state index is 12.3. The highest BCUT2D eigenvalue weighted by Crippen LogP contribution is 2.31. The van der Waals surface area contributed by atoms with Crippen molar-refractivity contribution in [2.24, 2.45) is 5.84 Å². The van der Waals surface area contributed by atoms with Crippen LogP contribution in [0, 0.1) is 17.0 Å². The van der Waals surface area contributed by atoms with Gasteiger partial charge in [0, 0.05) is 13.1 Å². The first-order valence-electron chi connectivity index (χ1n) is 5.61. The van der Waals surface area contributed by atoms with Crippen LogP contribution < -0.4 is 11.3 Å². The number of hydrogen-bond acceptors (Lipinski definition) is 6. The van der Waals surface area contributed by atoms with E-state index in [0.717, 1.165) is 13.1 Å². The van der Waals surface area contributed by atoms with Crippen LogP contribution in [0.5, 0.6) is 0 Å². The Bertz CT molecular complexity index is 651. The van der Waals surface area contributed by atoms with Crippen molar-refractivity contribution < 1.29 is 22.1 Å². The molecule has 1 aromatic carbocycles. The van der Waals surface area contributed by atoms with Gasteiger partial charge in [-0.1, -0.05) is 0 Å². The molecule has 0 aliphatic heterocycles. The van der Waals surface area contributed by atoms with Gasteiger partial charge in [0.15, 0.2) is 0 Å². The van der Waals surface area contributed by atoms with Gasteiger partial charge in [-0.15, -0.1) is 0 Å². The minimum atomic E-state index is -4.27. The van der Waals surface area contributed by atoms with Crippen LogP contribution in [0.15, 0.2) is 17.0 Å². The molecule has 118 valence electrons. The van der Waals surface area contributed by atoms with E-state index in [1.807, 2.05) is 0 Å².